The second kappa shape index (κ2) is 9.70. The van der Waals surface area contributed by atoms with Crippen LogP contribution in [0.4, 0.5) is 10.1 Å². The van der Waals surface area contributed by atoms with Crippen LogP contribution in [-0.2, 0) is 16.4 Å². The van der Waals surface area contributed by atoms with E-state index in [9.17, 15) is 12.8 Å². The number of sulfonamides is 1. The van der Waals surface area contributed by atoms with Crippen LogP contribution in [0.5, 0.6) is 0 Å². The normalized spacial score (nSPS) is 12.1. The fourth-order valence-corrected chi connectivity index (χ4v) is 4.06. The Labute approximate surface area is 164 Å². The van der Waals surface area contributed by atoms with E-state index in [2.05, 4.69) is 21.1 Å². The van der Waals surface area contributed by atoms with Gasteiger partial charge in [0.2, 0.25) is 10.0 Å². The minimum absolute atomic E-state index is 0.152. The number of aliphatic imine (C=N–C) groups is 1. The highest BCUT2D eigenvalue weighted by Gasteiger charge is 2.13. The maximum Gasteiger partial charge on any atom is 0.234 e. The molecular formula is C18H25FN4O2S2. The van der Waals surface area contributed by atoms with Crippen LogP contribution >= 0.6 is 11.3 Å². The van der Waals surface area contributed by atoms with Crippen LogP contribution in [0.25, 0.3) is 0 Å². The van der Waals surface area contributed by atoms with Crippen molar-refractivity contribution in [3.63, 3.8) is 0 Å². The van der Waals surface area contributed by atoms with Crippen molar-refractivity contribution in [2.75, 3.05) is 37.7 Å². The number of hydrogen-bond donors (Lipinski definition) is 2. The number of nitrogens with zero attached hydrogens (tertiary/aromatic N) is 2. The van der Waals surface area contributed by atoms with Crippen LogP contribution in [0.1, 0.15) is 10.4 Å². The average molecular weight is 413 g/mol. The molecule has 9 heteroatoms. The van der Waals surface area contributed by atoms with Crippen LogP contribution in [-0.4, -0.2) is 52.2 Å². The Bertz CT molecular complexity index is 867. The van der Waals surface area contributed by atoms with Crippen LogP contribution in [0.15, 0.2) is 40.7 Å². The van der Waals surface area contributed by atoms with E-state index < -0.39 is 15.8 Å². The topological polar surface area (TPSA) is 73.8 Å². The zero-order valence-electron chi connectivity index (χ0n) is 15.7. The molecule has 1 aromatic heterocycles. The van der Waals surface area contributed by atoms with Crippen LogP contribution in [0, 0.1) is 12.7 Å². The van der Waals surface area contributed by atoms with Gasteiger partial charge in [-0.1, -0.05) is 12.1 Å². The van der Waals surface area contributed by atoms with Gasteiger partial charge in [-0.2, -0.15) is 0 Å². The molecule has 0 aliphatic carbocycles. The van der Waals surface area contributed by atoms with E-state index >= 15 is 0 Å². The van der Waals surface area contributed by atoms with E-state index in [-0.39, 0.29) is 18.0 Å². The number of anilines is 1. The summed E-state index contributed by atoms with van der Waals surface area (Å²) >= 11 is 1.71. The summed E-state index contributed by atoms with van der Waals surface area (Å²) in [5, 5.41) is 5.09. The molecule has 0 saturated heterocycles. The summed E-state index contributed by atoms with van der Waals surface area (Å²) in [5.74, 6) is 0.0320. The number of hydrogen-bond acceptors (Lipinski definition) is 4. The molecule has 2 aromatic rings. The van der Waals surface area contributed by atoms with E-state index in [1.165, 1.54) is 17.0 Å². The summed E-state index contributed by atoms with van der Waals surface area (Å²) in [6.45, 7) is 2.59. The number of aryl methyl sites for hydroxylation is 1. The predicted molar refractivity (Wildman–Crippen MR) is 111 cm³/mol. The van der Waals surface area contributed by atoms with Gasteiger partial charge in [0.25, 0.3) is 0 Å². The van der Waals surface area contributed by atoms with E-state index in [4.69, 9.17) is 0 Å². The van der Waals surface area contributed by atoms with Crippen molar-refractivity contribution in [2.24, 2.45) is 4.99 Å². The van der Waals surface area contributed by atoms with Gasteiger partial charge in [0, 0.05) is 32.1 Å². The molecule has 27 heavy (non-hydrogen) atoms. The molecule has 0 aliphatic heterocycles. The molecular weight excluding hydrogens is 387 g/mol. The molecule has 148 valence electrons. The molecule has 0 saturated carbocycles. The first-order valence-electron chi connectivity index (χ1n) is 8.51. The lowest BCUT2D eigenvalue weighted by atomic mass is 10.2. The van der Waals surface area contributed by atoms with Gasteiger partial charge in [-0.3, -0.25) is 9.71 Å². The number of thiophene rings is 1. The molecule has 0 atom stereocenters. The first kappa shape index (κ1) is 21.2. The molecule has 0 amide bonds. The summed E-state index contributed by atoms with van der Waals surface area (Å²) in [4.78, 5) is 7.42. The Kier molecular flexibility index (Phi) is 7.61. The van der Waals surface area contributed by atoms with Gasteiger partial charge < -0.3 is 10.2 Å². The lowest BCUT2D eigenvalue weighted by Crippen LogP contribution is -2.42. The van der Waals surface area contributed by atoms with Crippen molar-refractivity contribution in [2.45, 2.75) is 13.3 Å². The highest BCUT2D eigenvalue weighted by molar-refractivity contribution is 7.92. The smallest absolute Gasteiger partial charge is 0.234 e. The highest BCUT2D eigenvalue weighted by atomic mass is 32.2. The standard InChI is InChI=1S/C18H25FN4O2S2/c1-14-6-7-15(13-17(14)19)22-27(24,25)12-9-21-18(20-2)23(3)10-8-16-5-4-11-26-16/h4-7,11,13,22H,8-10,12H2,1-3H3,(H,20,21). The SMILES string of the molecule is CN=C(NCCS(=O)(=O)Nc1ccc(C)c(F)c1)N(C)CCc1cccs1. The van der Waals surface area contributed by atoms with Gasteiger partial charge in [0.05, 0.1) is 11.4 Å². The number of halogens is 1. The molecule has 0 radical (unpaired) electrons. The van der Waals surface area contributed by atoms with Crippen molar-refractivity contribution in [3.8, 4) is 0 Å². The summed E-state index contributed by atoms with van der Waals surface area (Å²) in [6.07, 6.45) is 0.897. The Morgan fingerprint density at radius 3 is 2.74 bits per heavy atom. The minimum Gasteiger partial charge on any atom is -0.355 e. The van der Waals surface area contributed by atoms with E-state index in [0.717, 1.165) is 13.0 Å². The molecule has 1 heterocycles. The van der Waals surface area contributed by atoms with Gasteiger partial charge in [-0.05, 0) is 42.5 Å². The van der Waals surface area contributed by atoms with Crippen LogP contribution in [0.2, 0.25) is 0 Å². The third kappa shape index (κ3) is 6.84. The van der Waals surface area contributed by atoms with E-state index in [1.807, 2.05) is 23.4 Å². The van der Waals surface area contributed by atoms with Crippen molar-refractivity contribution < 1.29 is 12.8 Å². The number of likely N-dealkylation sites (N-methyl/N-ethyl adjacent to an activating group) is 1. The molecule has 2 N–H and O–H groups in total. The third-order valence-corrected chi connectivity index (χ3v) is 6.17. The lowest BCUT2D eigenvalue weighted by Gasteiger charge is -2.21. The van der Waals surface area contributed by atoms with E-state index in [0.29, 0.717) is 11.5 Å². The Hall–Kier alpha value is -2.13. The fraction of sp³-hybridized carbons (Fsp3) is 0.389. The van der Waals surface area contributed by atoms with Crippen molar-refractivity contribution in [1.82, 2.24) is 10.2 Å². The Morgan fingerprint density at radius 1 is 1.33 bits per heavy atom. The quantitative estimate of drug-likeness (QED) is 0.516. The van der Waals surface area contributed by atoms with Gasteiger partial charge in [-0.15, -0.1) is 11.3 Å². The van der Waals surface area contributed by atoms with Gasteiger partial charge in [-0.25, -0.2) is 12.8 Å². The van der Waals surface area contributed by atoms with Gasteiger partial charge in [0.1, 0.15) is 5.82 Å². The molecule has 0 spiro atoms. The number of rotatable bonds is 8. The zero-order chi connectivity index (χ0) is 19.9. The molecule has 6 nitrogen and oxygen atoms in total. The fourth-order valence-electron chi connectivity index (χ4n) is 2.41. The summed E-state index contributed by atoms with van der Waals surface area (Å²) in [6, 6.07) is 8.36. The summed E-state index contributed by atoms with van der Waals surface area (Å²) < 4.78 is 40.3. The first-order chi connectivity index (χ1) is 12.8. The minimum atomic E-state index is -3.59. The van der Waals surface area contributed by atoms with Crippen LogP contribution in [0.3, 0.4) is 0 Å². The highest BCUT2D eigenvalue weighted by Crippen LogP contribution is 2.15. The second-order valence-corrected chi connectivity index (χ2v) is 8.98. The molecule has 2 rings (SSSR count). The molecule has 0 bridgehead atoms. The molecule has 0 unspecified atom stereocenters. The summed E-state index contributed by atoms with van der Waals surface area (Å²) in [7, 11) is -0.0265. The molecule has 1 aromatic carbocycles. The Balaban J connectivity index is 1.82. The largest absolute Gasteiger partial charge is 0.355 e. The van der Waals surface area contributed by atoms with Crippen molar-refractivity contribution >= 4 is 33.0 Å². The number of benzene rings is 1. The predicted octanol–water partition coefficient (Wildman–Crippen LogP) is 2.69. The average Bonchev–Trinajstić information content (AvgIpc) is 3.13. The monoisotopic (exact) mass is 412 g/mol. The Morgan fingerprint density at radius 2 is 2.11 bits per heavy atom. The lowest BCUT2D eigenvalue weighted by molar-refractivity contribution is 0.488. The molecule has 0 fully saturated rings. The number of guanidine groups is 1. The van der Waals surface area contributed by atoms with Gasteiger partial charge in [0.15, 0.2) is 5.96 Å². The maximum atomic E-state index is 13.6. The van der Waals surface area contributed by atoms with Crippen LogP contribution < -0.4 is 10.0 Å². The molecule has 0 aliphatic rings. The zero-order valence-corrected chi connectivity index (χ0v) is 17.3. The van der Waals surface area contributed by atoms with Crippen molar-refractivity contribution in [1.29, 1.82) is 0 Å². The maximum absolute atomic E-state index is 13.6. The first-order valence-corrected chi connectivity index (χ1v) is 11.0. The summed E-state index contributed by atoms with van der Waals surface area (Å²) in [5.41, 5.74) is 0.685. The number of nitrogens with one attached hydrogen (secondary N) is 2. The van der Waals surface area contributed by atoms with Gasteiger partial charge >= 0.3 is 0 Å². The van der Waals surface area contributed by atoms with Crippen molar-refractivity contribution in [3.05, 3.63) is 52.0 Å². The second-order valence-electron chi connectivity index (χ2n) is 6.11. The van der Waals surface area contributed by atoms with E-state index in [1.54, 1.807) is 31.4 Å². The third-order valence-electron chi connectivity index (χ3n) is 3.95.